The predicted molar refractivity (Wildman–Crippen MR) is 111 cm³/mol. The fraction of sp³-hybridized carbons (Fsp3) is 0.0909. The number of anilines is 1. The van der Waals surface area contributed by atoms with Gasteiger partial charge in [0.05, 0.1) is 16.1 Å². The minimum Gasteiger partial charge on any atom is -0.348 e. The highest BCUT2D eigenvalue weighted by Crippen LogP contribution is 2.35. The molecule has 7 heteroatoms. The molecule has 0 radical (unpaired) electrons. The van der Waals surface area contributed by atoms with Crippen molar-refractivity contribution in [3.05, 3.63) is 83.4 Å². The molecule has 3 aromatic rings. The van der Waals surface area contributed by atoms with Gasteiger partial charge in [0.15, 0.2) is 9.84 Å². The van der Waals surface area contributed by atoms with E-state index in [0.29, 0.717) is 28.9 Å². The lowest BCUT2D eigenvalue weighted by molar-refractivity contribution is 0.0966. The van der Waals surface area contributed by atoms with E-state index >= 15 is 0 Å². The smallest absolute Gasteiger partial charge is 0.255 e. The second-order valence-corrected chi connectivity index (χ2v) is 8.83. The van der Waals surface area contributed by atoms with Crippen LogP contribution in [0.1, 0.15) is 26.3 Å². The zero-order valence-electron chi connectivity index (χ0n) is 15.6. The Bertz CT molecular complexity index is 1230. The third-order valence-corrected chi connectivity index (χ3v) is 5.93. The van der Waals surface area contributed by atoms with Gasteiger partial charge in [0.2, 0.25) is 0 Å². The number of hydrogen-bond donors (Lipinski definition) is 2. The van der Waals surface area contributed by atoms with E-state index in [2.05, 4.69) is 10.6 Å². The van der Waals surface area contributed by atoms with Gasteiger partial charge in [0.1, 0.15) is 0 Å². The highest BCUT2D eigenvalue weighted by molar-refractivity contribution is 7.90. The molecule has 0 saturated heterocycles. The van der Waals surface area contributed by atoms with Crippen molar-refractivity contribution in [3.8, 4) is 11.1 Å². The first kappa shape index (κ1) is 18.9. The Morgan fingerprint density at radius 1 is 1.00 bits per heavy atom. The van der Waals surface area contributed by atoms with E-state index in [1.807, 2.05) is 6.07 Å². The number of fused-ring (bicyclic) bond motifs is 1. The van der Waals surface area contributed by atoms with Crippen LogP contribution in [-0.2, 0) is 16.4 Å². The number of benzene rings is 3. The standard InChI is InChI=1S/C22H18N2O4S/c1-29(27,28)16-9-5-8-15(12-16)17-10-11-19(20-18(17)13-23-22(20)26)24-21(25)14-6-3-2-4-7-14/h2-12H,13H2,1H3,(H,23,26)(H,24,25). The molecule has 146 valence electrons. The van der Waals surface area contributed by atoms with E-state index in [0.717, 1.165) is 17.4 Å². The normalized spacial score (nSPS) is 12.9. The van der Waals surface area contributed by atoms with Crippen LogP contribution in [0, 0.1) is 0 Å². The van der Waals surface area contributed by atoms with Gasteiger partial charge >= 0.3 is 0 Å². The maximum absolute atomic E-state index is 12.5. The molecule has 2 amide bonds. The molecule has 2 N–H and O–H groups in total. The summed E-state index contributed by atoms with van der Waals surface area (Å²) in [6.07, 6.45) is 1.16. The van der Waals surface area contributed by atoms with Crippen molar-refractivity contribution in [2.75, 3.05) is 11.6 Å². The Kier molecular flexibility index (Phi) is 4.68. The van der Waals surface area contributed by atoms with Gasteiger partial charge in [0.25, 0.3) is 11.8 Å². The summed E-state index contributed by atoms with van der Waals surface area (Å²) in [5.41, 5.74) is 3.49. The number of nitrogens with one attached hydrogen (secondary N) is 2. The third kappa shape index (κ3) is 3.64. The molecule has 1 heterocycles. The number of carbonyl (C=O) groups excluding carboxylic acids is 2. The third-order valence-electron chi connectivity index (χ3n) is 4.82. The first-order valence-corrected chi connectivity index (χ1v) is 10.8. The van der Waals surface area contributed by atoms with Gasteiger partial charge in [-0.15, -0.1) is 0 Å². The van der Waals surface area contributed by atoms with Crippen LogP contribution in [0.15, 0.2) is 71.6 Å². The quantitative estimate of drug-likeness (QED) is 0.696. The zero-order chi connectivity index (χ0) is 20.6. The van der Waals surface area contributed by atoms with Crippen LogP contribution in [0.25, 0.3) is 11.1 Å². The summed E-state index contributed by atoms with van der Waals surface area (Å²) in [5.74, 6) is -0.580. The molecule has 1 aliphatic rings. The van der Waals surface area contributed by atoms with E-state index < -0.39 is 9.84 Å². The van der Waals surface area contributed by atoms with Crippen LogP contribution in [0.5, 0.6) is 0 Å². The highest BCUT2D eigenvalue weighted by atomic mass is 32.2. The molecule has 1 aliphatic heterocycles. The fourth-order valence-electron chi connectivity index (χ4n) is 3.40. The van der Waals surface area contributed by atoms with Crippen molar-refractivity contribution >= 4 is 27.3 Å². The highest BCUT2D eigenvalue weighted by Gasteiger charge is 2.27. The average molecular weight is 406 g/mol. The van der Waals surface area contributed by atoms with Crippen molar-refractivity contribution in [3.63, 3.8) is 0 Å². The largest absolute Gasteiger partial charge is 0.348 e. The lowest BCUT2D eigenvalue weighted by Crippen LogP contribution is -2.17. The summed E-state index contributed by atoms with van der Waals surface area (Å²) in [5, 5.41) is 5.59. The zero-order valence-corrected chi connectivity index (χ0v) is 16.4. The molecule has 0 bridgehead atoms. The van der Waals surface area contributed by atoms with Gasteiger partial charge in [-0.05, 0) is 47.0 Å². The molecule has 29 heavy (non-hydrogen) atoms. The maximum Gasteiger partial charge on any atom is 0.255 e. The minimum atomic E-state index is -3.35. The molecule has 3 aromatic carbocycles. The Labute approximate surface area is 168 Å². The van der Waals surface area contributed by atoms with E-state index in [4.69, 9.17) is 0 Å². The van der Waals surface area contributed by atoms with Gasteiger partial charge in [-0.25, -0.2) is 8.42 Å². The van der Waals surface area contributed by atoms with E-state index in [-0.39, 0.29) is 16.7 Å². The lowest BCUT2D eigenvalue weighted by Gasteiger charge is -2.13. The molecule has 0 fully saturated rings. The van der Waals surface area contributed by atoms with Crippen LogP contribution in [-0.4, -0.2) is 26.5 Å². The summed E-state index contributed by atoms with van der Waals surface area (Å²) in [4.78, 5) is 25.2. The first-order valence-electron chi connectivity index (χ1n) is 8.95. The van der Waals surface area contributed by atoms with Crippen molar-refractivity contribution in [2.45, 2.75) is 11.4 Å². The second-order valence-electron chi connectivity index (χ2n) is 6.82. The Balaban J connectivity index is 1.77. The van der Waals surface area contributed by atoms with Crippen LogP contribution in [0.3, 0.4) is 0 Å². The topological polar surface area (TPSA) is 92.3 Å². The van der Waals surface area contributed by atoms with Gasteiger partial charge in [-0.3, -0.25) is 9.59 Å². The summed E-state index contributed by atoms with van der Waals surface area (Å²) < 4.78 is 23.8. The fourth-order valence-corrected chi connectivity index (χ4v) is 4.07. The van der Waals surface area contributed by atoms with Gasteiger partial charge in [-0.1, -0.05) is 36.4 Å². The molecular formula is C22H18N2O4S. The van der Waals surface area contributed by atoms with Crippen molar-refractivity contribution in [2.24, 2.45) is 0 Å². The molecule has 0 aromatic heterocycles. The van der Waals surface area contributed by atoms with Crippen molar-refractivity contribution in [1.82, 2.24) is 5.32 Å². The van der Waals surface area contributed by atoms with Gasteiger partial charge in [0, 0.05) is 18.4 Å². The van der Waals surface area contributed by atoms with Crippen molar-refractivity contribution in [1.29, 1.82) is 0 Å². The van der Waals surface area contributed by atoms with Gasteiger partial charge in [-0.2, -0.15) is 0 Å². The SMILES string of the molecule is CS(=O)(=O)c1cccc(-c2ccc(NC(=O)c3ccccc3)c3c2CNC3=O)c1. The molecule has 6 nitrogen and oxygen atoms in total. The van der Waals surface area contributed by atoms with Crippen LogP contribution in [0.4, 0.5) is 5.69 Å². The van der Waals surface area contributed by atoms with Crippen LogP contribution < -0.4 is 10.6 Å². The second kappa shape index (κ2) is 7.18. The molecular weight excluding hydrogens is 388 g/mol. The number of amides is 2. The monoisotopic (exact) mass is 406 g/mol. The van der Waals surface area contributed by atoms with E-state index in [9.17, 15) is 18.0 Å². The average Bonchev–Trinajstić information content (AvgIpc) is 3.10. The minimum absolute atomic E-state index is 0.211. The molecule has 0 spiro atoms. The van der Waals surface area contributed by atoms with E-state index in [1.54, 1.807) is 54.6 Å². The Morgan fingerprint density at radius 3 is 2.48 bits per heavy atom. The Hall–Kier alpha value is -3.45. The molecule has 0 unspecified atom stereocenters. The number of rotatable bonds is 4. The van der Waals surface area contributed by atoms with Crippen LogP contribution >= 0.6 is 0 Å². The first-order chi connectivity index (χ1) is 13.8. The number of sulfone groups is 1. The molecule has 4 rings (SSSR count). The predicted octanol–water partition coefficient (Wildman–Crippen LogP) is 3.25. The summed E-state index contributed by atoms with van der Waals surface area (Å²) in [6, 6.07) is 18.8. The molecule has 0 saturated carbocycles. The number of hydrogen-bond acceptors (Lipinski definition) is 4. The summed E-state index contributed by atoms with van der Waals surface area (Å²) in [6.45, 7) is 0.307. The lowest BCUT2D eigenvalue weighted by atomic mass is 9.95. The van der Waals surface area contributed by atoms with Gasteiger partial charge < -0.3 is 10.6 Å². The van der Waals surface area contributed by atoms with E-state index in [1.165, 1.54) is 6.07 Å². The maximum atomic E-state index is 12.5. The molecule has 0 atom stereocenters. The number of carbonyl (C=O) groups is 2. The molecule has 0 aliphatic carbocycles. The Morgan fingerprint density at radius 2 is 1.76 bits per heavy atom. The van der Waals surface area contributed by atoms with Crippen LogP contribution in [0.2, 0.25) is 0 Å². The summed E-state index contributed by atoms with van der Waals surface area (Å²) >= 11 is 0. The van der Waals surface area contributed by atoms with Crippen molar-refractivity contribution < 1.29 is 18.0 Å². The summed E-state index contributed by atoms with van der Waals surface area (Å²) in [7, 11) is -3.35.